The molecule has 1 aliphatic carbocycles. The lowest BCUT2D eigenvalue weighted by atomic mass is 9.98. The summed E-state index contributed by atoms with van der Waals surface area (Å²) >= 11 is 0. The first-order chi connectivity index (χ1) is 9.66. The van der Waals surface area contributed by atoms with Gasteiger partial charge in [-0.15, -0.1) is 0 Å². The molecule has 1 amide bonds. The smallest absolute Gasteiger partial charge is 0.305 e. The summed E-state index contributed by atoms with van der Waals surface area (Å²) in [5, 5.41) is 8.87. The number of rotatable bonds is 5. The first kappa shape index (κ1) is 15.3. The minimum Gasteiger partial charge on any atom is -0.481 e. The number of morpholine rings is 1. The van der Waals surface area contributed by atoms with Crippen LogP contribution in [0.25, 0.3) is 0 Å². The van der Waals surface area contributed by atoms with Gasteiger partial charge in [-0.25, -0.2) is 0 Å². The quantitative estimate of drug-likeness (QED) is 0.816. The summed E-state index contributed by atoms with van der Waals surface area (Å²) in [6.45, 7) is 1.26. The summed E-state index contributed by atoms with van der Waals surface area (Å²) in [7, 11) is 0. The Bertz CT molecular complexity index is 340. The molecule has 6 heteroatoms. The van der Waals surface area contributed by atoms with Gasteiger partial charge in [0.25, 0.3) is 0 Å². The van der Waals surface area contributed by atoms with E-state index in [1.54, 1.807) is 4.90 Å². The number of amides is 1. The number of carboxylic acids is 1. The van der Waals surface area contributed by atoms with Gasteiger partial charge in [-0.1, -0.05) is 19.3 Å². The molecule has 1 heterocycles. The Morgan fingerprint density at radius 3 is 2.70 bits per heavy atom. The molecule has 20 heavy (non-hydrogen) atoms. The molecule has 6 nitrogen and oxygen atoms in total. The highest BCUT2D eigenvalue weighted by atomic mass is 16.5. The zero-order chi connectivity index (χ0) is 14.4. The molecule has 2 aliphatic rings. The summed E-state index contributed by atoms with van der Waals surface area (Å²) in [4.78, 5) is 24.6. The summed E-state index contributed by atoms with van der Waals surface area (Å²) in [6.07, 6.45) is 5.74. The molecule has 1 saturated carbocycles. The number of hydrogen-bond acceptors (Lipinski definition) is 4. The first-order valence-electron chi connectivity index (χ1n) is 7.37. The van der Waals surface area contributed by atoms with E-state index in [0.717, 1.165) is 25.7 Å². The van der Waals surface area contributed by atoms with Gasteiger partial charge in [0.05, 0.1) is 31.8 Å². The lowest BCUT2D eigenvalue weighted by Crippen LogP contribution is -2.51. The van der Waals surface area contributed by atoms with Crippen LogP contribution in [0.4, 0.5) is 0 Å². The van der Waals surface area contributed by atoms with Crippen molar-refractivity contribution in [1.82, 2.24) is 4.90 Å². The van der Waals surface area contributed by atoms with E-state index in [4.69, 9.17) is 14.6 Å². The molecular formula is C14H23NO5. The zero-order valence-electron chi connectivity index (χ0n) is 11.8. The van der Waals surface area contributed by atoms with Crippen molar-refractivity contribution in [1.29, 1.82) is 0 Å². The molecule has 0 radical (unpaired) electrons. The van der Waals surface area contributed by atoms with E-state index < -0.39 is 5.97 Å². The molecular weight excluding hydrogens is 262 g/mol. The largest absolute Gasteiger partial charge is 0.481 e. The van der Waals surface area contributed by atoms with Gasteiger partial charge in [-0.2, -0.15) is 0 Å². The Balaban J connectivity index is 1.80. The van der Waals surface area contributed by atoms with E-state index in [0.29, 0.717) is 19.8 Å². The Kier molecular flexibility index (Phi) is 5.79. The van der Waals surface area contributed by atoms with Crippen LogP contribution < -0.4 is 0 Å². The maximum atomic E-state index is 12.2. The highest BCUT2D eigenvalue weighted by Gasteiger charge is 2.29. The molecule has 0 aromatic carbocycles. The van der Waals surface area contributed by atoms with Crippen LogP contribution in [0.15, 0.2) is 0 Å². The van der Waals surface area contributed by atoms with E-state index in [1.165, 1.54) is 6.42 Å². The molecule has 1 N–H and O–H groups in total. The molecule has 0 aromatic rings. The molecule has 1 saturated heterocycles. The number of nitrogens with zero attached hydrogens (tertiary/aromatic N) is 1. The van der Waals surface area contributed by atoms with Crippen molar-refractivity contribution in [2.24, 2.45) is 0 Å². The van der Waals surface area contributed by atoms with Crippen LogP contribution in [0.5, 0.6) is 0 Å². The first-order valence-corrected chi connectivity index (χ1v) is 7.37. The molecule has 1 unspecified atom stereocenters. The number of carboxylic acid groups (broad SMARTS) is 1. The third-order valence-corrected chi connectivity index (χ3v) is 3.95. The molecule has 2 rings (SSSR count). The third-order valence-electron chi connectivity index (χ3n) is 3.95. The van der Waals surface area contributed by atoms with Gasteiger partial charge in [-0.3, -0.25) is 9.59 Å². The lowest BCUT2D eigenvalue weighted by Gasteiger charge is -2.35. The second-order valence-electron chi connectivity index (χ2n) is 5.48. The predicted molar refractivity (Wildman–Crippen MR) is 71.4 cm³/mol. The van der Waals surface area contributed by atoms with E-state index in [9.17, 15) is 9.59 Å². The van der Waals surface area contributed by atoms with Crippen molar-refractivity contribution >= 4 is 11.9 Å². The average Bonchev–Trinajstić information content (AvgIpc) is 2.46. The number of hydrogen-bond donors (Lipinski definition) is 1. The third kappa shape index (κ3) is 4.45. The summed E-state index contributed by atoms with van der Waals surface area (Å²) < 4.78 is 10.9. The zero-order valence-corrected chi connectivity index (χ0v) is 11.8. The monoisotopic (exact) mass is 285 g/mol. The molecule has 0 spiro atoms. The SMILES string of the molecule is O=C(O)CC1COCCN1C(=O)COC1CCCCC1. The second kappa shape index (κ2) is 7.59. The Morgan fingerprint density at radius 2 is 2.00 bits per heavy atom. The van der Waals surface area contributed by atoms with Crippen LogP contribution in [0.2, 0.25) is 0 Å². The summed E-state index contributed by atoms with van der Waals surface area (Å²) in [5.41, 5.74) is 0. The van der Waals surface area contributed by atoms with Gasteiger partial charge >= 0.3 is 5.97 Å². The number of carbonyl (C=O) groups is 2. The predicted octanol–water partition coefficient (Wildman–Crippen LogP) is 1.04. The fourth-order valence-electron chi connectivity index (χ4n) is 2.86. The van der Waals surface area contributed by atoms with Crippen LogP contribution in [0.3, 0.4) is 0 Å². The van der Waals surface area contributed by atoms with Gasteiger partial charge in [0, 0.05) is 6.54 Å². The van der Waals surface area contributed by atoms with E-state index in [2.05, 4.69) is 0 Å². The Morgan fingerprint density at radius 1 is 1.25 bits per heavy atom. The highest BCUT2D eigenvalue weighted by molar-refractivity contribution is 5.79. The van der Waals surface area contributed by atoms with Gasteiger partial charge in [-0.05, 0) is 12.8 Å². The molecule has 1 aliphatic heterocycles. The minimum atomic E-state index is -0.911. The van der Waals surface area contributed by atoms with Crippen molar-refractivity contribution < 1.29 is 24.2 Å². The van der Waals surface area contributed by atoms with Crippen LogP contribution in [-0.4, -0.2) is 60.4 Å². The highest BCUT2D eigenvalue weighted by Crippen LogP contribution is 2.20. The van der Waals surface area contributed by atoms with Gasteiger partial charge in [0.1, 0.15) is 6.61 Å². The topological polar surface area (TPSA) is 76.1 Å². The van der Waals surface area contributed by atoms with Crippen molar-refractivity contribution in [3.8, 4) is 0 Å². The summed E-state index contributed by atoms with van der Waals surface area (Å²) in [6, 6.07) is -0.372. The molecule has 114 valence electrons. The fraction of sp³-hybridized carbons (Fsp3) is 0.857. The molecule has 0 aromatic heterocycles. The van der Waals surface area contributed by atoms with Crippen molar-refractivity contribution in [3.63, 3.8) is 0 Å². The maximum Gasteiger partial charge on any atom is 0.305 e. The number of ether oxygens (including phenoxy) is 2. The van der Waals surface area contributed by atoms with Crippen LogP contribution >= 0.6 is 0 Å². The normalized spacial score (nSPS) is 24.6. The van der Waals surface area contributed by atoms with Gasteiger partial charge in [0.15, 0.2) is 0 Å². The molecule has 0 bridgehead atoms. The van der Waals surface area contributed by atoms with Crippen LogP contribution in [0.1, 0.15) is 38.5 Å². The van der Waals surface area contributed by atoms with Crippen molar-refractivity contribution in [2.45, 2.75) is 50.7 Å². The summed E-state index contributed by atoms with van der Waals surface area (Å²) in [5.74, 6) is -1.03. The Hall–Kier alpha value is -1.14. The number of carbonyl (C=O) groups excluding carboxylic acids is 1. The lowest BCUT2D eigenvalue weighted by molar-refractivity contribution is -0.151. The molecule has 2 fully saturated rings. The van der Waals surface area contributed by atoms with Crippen LogP contribution in [0, 0.1) is 0 Å². The van der Waals surface area contributed by atoms with Crippen molar-refractivity contribution in [2.75, 3.05) is 26.4 Å². The minimum absolute atomic E-state index is 0.0563. The maximum absolute atomic E-state index is 12.2. The van der Waals surface area contributed by atoms with Crippen LogP contribution in [-0.2, 0) is 19.1 Å². The average molecular weight is 285 g/mol. The van der Waals surface area contributed by atoms with Gasteiger partial charge in [0.2, 0.25) is 5.91 Å². The van der Waals surface area contributed by atoms with Crippen molar-refractivity contribution in [3.05, 3.63) is 0 Å². The fourth-order valence-corrected chi connectivity index (χ4v) is 2.86. The number of aliphatic carboxylic acids is 1. The molecule has 1 atom stereocenters. The van der Waals surface area contributed by atoms with E-state index in [-0.39, 0.29) is 31.1 Å². The Labute approximate surface area is 119 Å². The van der Waals surface area contributed by atoms with Gasteiger partial charge < -0.3 is 19.5 Å². The second-order valence-corrected chi connectivity index (χ2v) is 5.48. The standard InChI is InChI=1S/C14H23NO5/c16-13(10-20-12-4-2-1-3-5-12)15-6-7-19-9-11(15)8-14(17)18/h11-12H,1-10H2,(H,17,18). The van der Waals surface area contributed by atoms with E-state index >= 15 is 0 Å². The van der Waals surface area contributed by atoms with E-state index in [1.807, 2.05) is 0 Å².